The van der Waals surface area contributed by atoms with Crippen molar-refractivity contribution in [3.8, 4) is 5.75 Å². The highest BCUT2D eigenvalue weighted by atomic mass is 16.5. The lowest BCUT2D eigenvalue weighted by molar-refractivity contribution is 0.148. The Morgan fingerprint density at radius 2 is 1.86 bits per heavy atom. The minimum absolute atomic E-state index is 0.486. The number of para-hydroxylation sites is 1. The van der Waals surface area contributed by atoms with Crippen molar-refractivity contribution < 1.29 is 4.74 Å². The first-order valence-corrected chi connectivity index (χ1v) is 8.05. The van der Waals surface area contributed by atoms with Crippen molar-refractivity contribution in [3.05, 3.63) is 29.8 Å². The molecule has 0 aromatic heterocycles. The monoisotopic (exact) mass is 292 g/mol. The highest BCUT2D eigenvalue weighted by Gasteiger charge is 2.21. The van der Waals surface area contributed by atoms with E-state index in [4.69, 9.17) is 4.74 Å². The van der Waals surface area contributed by atoms with Gasteiger partial charge < -0.3 is 15.0 Å². The van der Waals surface area contributed by atoms with E-state index in [-0.39, 0.29) is 0 Å². The molecule has 0 spiro atoms. The maximum atomic E-state index is 5.46. The molecule has 1 aromatic rings. The van der Waals surface area contributed by atoms with Crippen molar-refractivity contribution in [2.75, 3.05) is 27.2 Å². The van der Waals surface area contributed by atoms with E-state index in [0.29, 0.717) is 18.0 Å². The summed E-state index contributed by atoms with van der Waals surface area (Å²) in [6.45, 7) is 11.2. The van der Waals surface area contributed by atoms with Gasteiger partial charge in [0.1, 0.15) is 5.75 Å². The topological polar surface area (TPSA) is 24.5 Å². The van der Waals surface area contributed by atoms with Crippen molar-refractivity contribution in [2.45, 2.75) is 46.2 Å². The van der Waals surface area contributed by atoms with Gasteiger partial charge in [-0.05, 0) is 58.0 Å². The fourth-order valence-electron chi connectivity index (χ4n) is 2.68. The van der Waals surface area contributed by atoms with Gasteiger partial charge in [0, 0.05) is 12.1 Å². The van der Waals surface area contributed by atoms with Crippen LogP contribution in [-0.2, 0) is 6.42 Å². The molecule has 0 saturated carbocycles. The van der Waals surface area contributed by atoms with Gasteiger partial charge in [0.2, 0.25) is 0 Å². The maximum absolute atomic E-state index is 5.46. The zero-order valence-corrected chi connectivity index (χ0v) is 14.5. The molecule has 3 heteroatoms. The van der Waals surface area contributed by atoms with Gasteiger partial charge in [-0.25, -0.2) is 0 Å². The summed E-state index contributed by atoms with van der Waals surface area (Å²) in [4.78, 5) is 2.48. The van der Waals surface area contributed by atoms with Gasteiger partial charge in [0.25, 0.3) is 0 Å². The predicted molar refractivity (Wildman–Crippen MR) is 91.1 cm³/mol. The molecule has 3 unspecified atom stereocenters. The molecule has 0 radical (unpaired) electrons. The number of rotatable bonds is 9. The number of methoxy groups -OCH3 is 1. The Hall–Kier alpha value is -1.06. The zero-order chi connectivity index (χ0) is 15.8. The van der Waals surface area contributed by atoms with Crippen molar-refractivity contribution in [1.82, 2.24) is 10.2 Å². The van der Waals surface area contributed by atoms with Crippen LogP contribution in [-0.4, -0.2) is 44.2 Å². The Bertz CT molecular complexity index is 408. The molecule has 0 aliphatic heterocycles. The number of benzene rings is 1. The van der Waals surface area contributed by atoms with Crippen molar-refractivity contribution >= 4 is 0 Å². The number of hydrogen-bond acceptors (Lipinski definition) is 3. The summed E-state index contributed by atoms with van der Waals surface area (Å²) in [6, 6.07) is 9.35. The molecule has 120 valence electrons. The second-order valence-electron chi connectivity index (χ2n) is 6.06. The molecule has 1 aromatic carbocycles. The third kappa shape index (κ3) is 5.33. The summed E-state index contributed by atoms with van der Waals surface area (Å²) < 4.78 is 5.46. The summed E-state index contributed by atoms with van der Waals surface area (Å²) in [5.41, 5.74) is 1.28. The van der Waals surface area contributed by atoms with E-state index in [1.165, 1.54) is 5.56 Å². The van der Waals surface area contributed by atoms with Crippen LogP contribution in [0.25, 0.3) is 0 Å². The van der Waals surface area contributed by atoms with Gasteiger partial charge in [-0.15, -0.1) is 0 Å². The molecule has 21 heavy (non-hydrogen) atoms. The van der Waals surface area contributed by atoms with Crippen LogP contribution in [0, 0.1) is 5.92 Å². The maximum Gasteiger partial charge on any atom is 0.122 e. The second kappa shape index (κ2) is 9.06. The lowest BCUT2D eigenvalue weighted by Crippen LogP contribution is -2.44. The Kier molecular flexibility index (Phi) is 7.76. The van der Waals surface area contributed by atoms with E-state index in [1.54, 1.807) is 7.11 Å². The van der Waals surface area contributed by atoms with Crippen molar-refractivity contribution in [2.24, 2.45) is 5.92 Å². The van der Waals surface area contributed by atoms with Gasteiger partial charge in [-0.1, -0.05) is 32.0 Å². The Balaban J connectivity index is 2.63. The molecule has 3 nitrogen and oxygen atoms in total. The van der Waals surface area contributed by atoms with Crippen molar-refractivity contribution in [1.29, 1.82) is 0 Å². The first kappa shape index (κ1) is 18.0. The van der Waals surface area contributed by atoms with Crippen LogP contribution in [0.2, 0.25) is 0 Å². The number of hydrogen-bond donors (Lipinski definition) is 1. The van der Waals surface area contributed by atoms with Crippen LogP contribution in [0.1, 0.15) is 33.3 Å². The average Bonchev–Trinajstić information content (AvgIpc) is 2.51. The van der Waals surface area contributed by atoms with E-state index in [0.717, 1.165) is 25.3 Å². The molecule has 0 aliphatic rings. The third-order valence-electron chi connectivity index (χ3n) is 4.59. The highest BCUT2D eigenvalue weighted by molar-refractivity contribution is 5.33. The lowest BCUT2D eigenvalue weighted by atomic mass is 9.98. The number of nitrogens with zero attached hydrogens (tertiary/aromatic N) is 1. The largest absolute Gasteiger partial charge is 0.496 e. The SMILES string of the molecule is CCNCC(C)C(C)N(C)C(C)Cc1ccccc1OC. The van der Waals surface area contributed by atoms with Gasteiger partial charge in [0.05, 0.1) is 7.11 Å². The summed E-state index contributed by atoms with van der Waals surface area (Å²) in [6.07, 6.45) is 1.01. The molecule has 1 rings (SSSR count). The van der Waals surface area contributed by atoms with Crippen LogP contribution in [0.5, 0.6) is 5.75 Å². The number of likely N-dealkylation sites (N-methyl/N-ethyl adjacent to an activating group) is 1. The molecular weight excluding hydrogens is 260 g/mol. The molecule has 0 heterocycles. The standard InChI is InChI=1S/C18H32N2O/c1-7-19-13-14(2)16(4)20(5)15(3)12-17-10-8-9-11-18(17)21-6/h8-11,14-16,19H,7,12-13H2,1-6H3. The molecule has 0 amide bonds. The summed E-state index contributed by atoms with van der Waals surface area (Å²) in [5, 5.41) is 3.44. The highest BCUT2D eigenvalue weighted by Crippen LogP contribution is 2.21. The molecular formula is C18H32N2O. The van der Waals surface area contributed by atoms with Crippen LogP contribution in [0.4, 0.5) is 0 Å². The fraction of sp³-hybridized carbons (Fsp3) is 0.667. The molecule has 3 atom stereocenters. The molecule has 0 bridgehead atoms. The molecule has 0 fully saturated rings. The van der Waals surface area contributed by atoms with Crippen molar-refractivity contribution in [3.63, 3.8) is 0 Å². The van der Waals surface area contributed by atoms with Gasteiger partial charge in [0.15, 0.2) is 0 Å². The molecule has 1 N–H and O–H groups in total. The average molecular weight is 292 g/mol. The third-order valence-corrected chi connectivity index (χ3v) is 4.59. The van der Waals surface area contributed by atoms with Crippen LogP contribution >= 0.6 is 0 Å². The van der Waals surface area contributed by atoms with Crippen LogP contribution in [0.3, 0.4) is 0 Å². The Morgan fingerprint density at radius 3 is 2.48 bits per heavy atom. The first-order valence-electron chi connectivity index (χ1n) is 8.05. The van der Waals surface area contributed by atoms with E-state index in [9.17, 15) is 0 Å². The lowest BCUT2D eigenvalue weighted by Gasteiger charge is -2.35. The van der Waals surface area contributed by atoms with E-state index < -0.39 is 0 Å². The van der Waals surface area contributed by atoms with E-state index >= 15 is 0 Å². The number of nitrogens with one attached hydrogen (secondary N) is 1. The summed E-state index contributed by atoms with van der Waals surface area (Å²) in [7, 11) is 3.97. The van der Waals surface area contributed by atoms with Crippen LogP contribution < -0.4 is 10.1 Å². The van der Waals surface area contributed by atoms with Gasteiger partial charge >= 0.3 is 0 Å². The smallest absolute Gasteiger partial charge is 0.122 e. The minimum Gasteiger partial charge on any atom is -0.496 e. The normalized spacial score (nSPS) is 15.8. The van der Waals surface area contributed by atoms with Crippen LogP contribution in [0.15, 0.2) is 24.3 Å². The van der Waals surface area contributed by atoms with E-state index in [1.807, 2.05) is 12.1 Å². The van der Waals surface area contributed by atoms with Gasteiger partial charge in [-0.3, -0.25) is 0 Å². The fourth-order valence-corrected chi connectivity index (χ4v) is 2.68. The Morgan fingerprint density at radius 1 is 1.19 bits per heavy atom. The first-order chi connectivity index (χ1) is 10.0. The quantitative estimate of drug-likeness (QED) is 0.756. The minimum atomic E-state index is 0.486. The summed E-state index contributed by atoms with van der Waals surface area (Å²) >= 11 is 0. The van der Waals surface area contributed by atoms with E-state index in [2.05, 4.69) is 57.1 Å². The second-order valence-corrected chi connectivity index (χ2v) is 6.06. The number of ether oxygens (including phenoxy) is 1. The zero-order valence-electron chi connectivity index (χ0n) is 14.5. The predicted octanol–water partition coefficient (Wildman–Crippen LogP) is 3.19. The Labute approximate surface area is 130 Å². The molecule has 0 aliphatic carbocycles. The van der Waals surface area contributed by atoms with Gasteiger partial charge in [-0.2, -0.15) is 0 Å². The summed E-state index contributed by atoms with van der Waals surface area (Å²) in [5.74, 6) is 1.63. The molecule has 0 saturated heterocycles.